The summed E-state index contributed by atoms with van der Waals surface area (Å²) in [5.74, 6) is -0.533. The van der Waals surface area contributed by atoms with Gasteiger partial charge in [0.2, 0.25) is 5.91 Å². The van der Waals surface area contributed by atoms with E-state index in [-0.39, 0.29) is 29.8 Å². The summed E-state index contributed by atoms with van der Waals surface area (Å²) in [5.41, 5.74) is 1.19. The maximum atomic E-state index is 12.9. The fourth-order valence-electron chi connectivity index (χ4n) is 3.13. The van der Waals surface area contributed by atoms with Crippen LogP contribution in [0.5, 0.6) is 0 Å². The van der Waals surface area contributed by atoms with Gasteiger partial charge in [0.15, 0.2) is 5.12 Å². The molecule has 154 valence electrons. The molecule has 3 rings (SSSR count). The van der Waals surface area contributed by atoms with Gasteiger partial charge in [-0.25, -0.2) is 4.68 Å². The van der Waals surface area contributed by atoms with Gasteiger partial charge in [-0.2, -0.15) is 0 Å². The van der Waals surface area contributed by atoms with Crippen molar-refractivity contribution < 1.29 is 14.4 Å². The summed E-state index contributed by atoms with van der Waals surface area (Å²) < 4.78 is 1.58. The number of carbonyl (C=O) groups excluding carboxylic acids is 3. The number of likely N-dealkylation sites (N-methyl/N-ethyl adjacent to an activating group) is 1. The van der Waals surface area contributed by atoms with E-state index in [1.54, 1.807) is 46.2 Å². The van der Waals surface area contributed by atoms with E-state index in [0.717, 1.165) is 18.8 Å². The van der Waals surface area contributed by atoms with Crippen LogP contribution in [-0.2, 0) is 9.59 Å². The molecule has 1 aliphatic rings. The number of rotatable bonds is 7. The smallest absolute Gasteiger partial charge is 0.251 e. The van der Waals surface area contributed by atoms with Crippen molar-refractivity contribution in [1.29, 1.82) is 0 Å². The third-order valence-electron chi connectivity index (χ3n) is 4.88. The standard InChI is InChI=1S/C19H24N6O3S/c1-23-10-12-24(13-11-23)19(28)16(6-7-17(26)29)21-18(27)14-2-4-15(5-3-14)25-9-8-20-22-25/h2-5,8-9,16H,6-7,10-13H2,1H3,(H,21,27)(H,26,29). The molecule has 0 saturated carbocycles. The highest BCUT2D eigenvalue weighted by atomic mass is 32.1. The summed E-state index contributed by atoms with van der Waals surface area (Å²) in [4.78, 5) is 40.8. The van der Waals surface area contributed by atoms with Crippen LogP contribution in [0.1, 0.15) is 23.2 Å². The van der Waals surface area contributed by atoms with Gasteiger partial charge < -0.3 is 15.1 Å². The molecule has 1 aromatic carbocycles. The molecule has 9 nitrogen and oxygen atoms in total. The zero-order chi connectivity index (χ0) is 20.8. The third kappa shape index (κ3) is 5.64. The van der Waals surface area contributed by atoms with Crippen molar-refractivity contribution in [2.45, 2.75) is 18.9 Å². The van der Waals surface area contributed by atoms with E-state index in [1.165, 1.54) is 0 Å². The average molecular weight is 417 g/mol. The Morgan fingerprint density at radius 2 is 1.83 bits per heavy atom. The van der Waals surface area contributed by atoms with Gasteiger partial charge in [0, 0.05) is 38.2 Å². The Labute approximate surface area is 174 Å². The first-order valence-electron chi connectivity index (χ1n) is 9.41. The van der Waals surface area contributed by atoms with Crippen LogP contribution in [0, 0.1) is 0 Å². The maximum Gasteiger partial charge on any atom is 0.251 e. The molecule has 1 unspecified atom stereocenters. The molecule has 0 radical (unpaired) electrons. The second kappa shape index (κ2) is 9.66. The van der Waals surface area contributed by atoms with Crippen molar-refractivity contribution in [3.8, 4) is 5.69 Å². The minimum absolute atomic E-state index is 0.110. The quantitative estimate of drug-likeness (QED) is 0.633. The third-order valence-corrected chi connectivity index (χ3v) is 5.11. The van der Waals surface area contributed by atoms with Crippen molar-refractivity contribution in [3.05, 3.63) is 42.2 Å². The number of nitrogens with zero attached hydrogens (tertiary/aromatic N) is 5. The van der Waals surface area contributed by atoms with Crippen LogP contribution < -0.4 is 5.32 Å². The van der Waals surface area contributed by atoms with Crippen LogP contribution in [0.2, 0.25) is 0 Å². The van der Waals surface area contributed by atoms with Crippen LogP contribution in [0.3, 0.4) is 0 Å². The Balaban J connectivity index is 1.68. The van der Waals surface area contributed by atoms with E-state index in [4.69, 9.17) is 0 Å². The number of hydrogen-bond acceptors (Lipinski definition) is 6. The molecule has 1 atom stereocenters. The minimum atomic E-state index is -0.767. The lowest BCUT2D eigenvalue weighted by Gasteiger charge is -2.34. The highest BCUT2D eigenvalue weighted by Crippen LogP contribution is 2.11. The molecule has 0 aliphatic carbocycles. The second-order valence-electron chi connectivity index (χ2n) is 6.98. The Bertz CT molecular complexity index is 847. The van der Waals surface area contributed by atoms with Crippen molar-refractivity contribution in [3.63, 3.8) is 0 Å². The number of benzene rings is 1. The second-order valence-corrected chi connectivity index (χ2v) is 7.48. The number of aromatic nitrogens is 3. The first-order chi connectivity index (χ1) is 13.9. The summed E-state index contributed by atoms with van der Waals surface area (Å²) in [6.07, 6.45) is 3.60. The molecule has 2 amide bonds. The topological polar surface area (TPSA) is 100 Å². The molecule has 1 aromatic heterocycles. The van der Waals surface area contributed by atoms with Crippen LogP contribution in [0.25, 0.3) is 5.69 Å². The molecular weight excluding hydrogens is 392 g/mol. The fourth-order valence-corrected chi connectivity index (χ4v) is 3.25. The lowest BCUT2D eigenvalue weighted by Crippen LogP contribution is -2.54. The SMILES string of the molecule is CN1CCN(C(=O)C(CCC(=O)S)NC(=O)c2ccc(-n3ccnn3)cc2)CC1. The van der Waals surface area contributed by atoms with Crippen molar-refractivity contribution in [2.24, 2.45) is 0 Å². The number of piperazine rings is 1. The van der Waals surface area contributed by atoms with Gasteiger partial charge in [0.25, 0.3) is 5.91 Å². The molecule has 10 heteroatoms. The number of hydrogen-bond donors (Lipinski definition) is 2. The van der Waals surface area contributed by atoms with Gasteiger partial charge >= 0.3 is 0 Å². The Morgan fingerprint density at radius 3 is 2.41 bits per heavy atom. The van der Waals surface area contributed by atoms with Gasteiger partial charge in [-0.15, -0.1) is 17.7 Å². The summed E-state index contributed by atoms with van der Waals surface area (Å²) in [6.45, 7) is 2.76. The van der Waals surface area contributed by atoms with E-state index in [0.29, 0.717) is 18.7 Å². The molecule has 29 heavy (non-hydrogen) atoms. The Kier molecular flexibility index (Phi) is 6.99. The lowest BCUT2D eigenvalue weighted by molar-refractivity contribution is -0.135. The number of carbonyl (C=O) groups is 3. The van der Waals surface area contributed by atoms with Gasteiger partial charge in [-0.05, 0) is 37.7 Å². The monoisotopic (exact) mass is 416 g/mol. The van der Waals surface area contributed by atoms with Crippen LogP contribution in [0.4, 0.5) is 0 Å². The number of nitrogens with one attached hydrogen (secondary N) is 1. The summed E-state index contributed by atoms with van der Waals surface area (Å²) in [6, 6.07) is 6.05. The van der Waals surface area contributed by atoms with E-state index < -0.39 is 6.04 Å². The summed E-state index contributed by atoms with van der Waals surface area (Å²) >= 11 is 3.78. The average Bonchev–Trinajstić information content (AvgIpc) is 3.26. The normalized spacial score (nSPS) is 15.7. The number of thiol groups is 1. The molecule has 2 aromatic rings. The first-order valence-corrected chi connectivity index (χ1v) is 9.85. The molecule has 1 N–H and O–H groups in total. The van der Waals surface area contributed by atoms with Crippen LogP contribution in [-0.4, -0.2) is 81.0 Å². The van der Waals surface area contributed by atoms with E-state index in [1.807, 2.05) is 7.05 Å². The van der Waals surface area contributed by atoms with Crippen molar-refractivity contribution in [2.75, 3.05) is 33.2 Å². The summed E-state index contributed by atoms with van der Waals surface area (Å²) in [5, 5.41) is 10.1. The van der Waals surface area contributed by atoms with E-state index in [2.05, 4.69) is 33.2 Å². The van der Waals surface area contributed by atoms with Gasteiger partial charge in [-0.3, -0.25) is 14.4 Å². The molecule has 0 spiro atoms. The maximum absolute atomic E-state index is 12.9. The molecule has 0 bridgehead atoms. The Morgan fingerprint density at radius 1 is 1.14 bits per heavy atom. The molecule has 1 fully saturated rings. The van der Waals surface area contributed by atoms with Gasteiger partial charge in [0.1, 0.15) is 6.04 Å². The van der Waals surface area contributed by atoms with Crippen molar-refractivity contribution >= 4 is 29.6 Å². The molecule has 2 heterocycles. The fraction of sp³-hybridized carbons (Fsp3) is 0.421. The predicted octanol–water partition coefficient (Wildman–Crippen LogP) is 0.376. The Hall–Kier alpha value is -2.72. The van der Waals surface area contributed by atoms with Crippen molar-refractivity contribution in [1.82, 2.24) is 30.1 Å². The highest BCUT2D eigenvalue weighted by Gasteiger charge is 2.28. The van der Waals surface area contributed by atoms with Crippen LogP contribution in [0.15, 0.2) is 36.7 Å². The van der Waals surface area contributed by atoms with Gasteiger partial charge in [-0.1, -0.05) is 5.21 Å². The molecule has 1 aliphatic heterocycles. The highest BCUT2D eigenvalue weighted by molar-refractivity contribution is 7.96. The summed E-state index contributed by atoms with van der Waals surface area (Å²) in [7, 11) is 2.00. The van der Waals surface area contributed by atoms with E-state index >= 15 is 0 Å². The van der Waals surface area contributed by atoms with Gasteiger partial charge in [0.05, 0.1) is 18.1 Å². The zero-order valence-electron chi connectivity index (χ0n) is 16.2. The first kappa shape index (κ1) is 21.0. The zero-order valence-corrected chi connectivity index (χ0v) is 17.1. The largest absolute Gasteiger partial charge is 0.340 e. The predicted molar refractivity (Wildman–Crippen MR) is 110 cm³/mol. The lowest BCUT2D eigenvalue weighted by atomic mass is 10.1. The van der Waals surface area contributed by atoms with Crippen LogP contribution >= 0.6 is 12.6 Å². The number of amides is 2. The van der Waals surface area contributed by atoms with E-state index in [9.17, 15) is 14.4 Å². The minimum Gasteiger partial charge on any atom is -0.340 e. The molecular formula is C19H24N6O3S. The molecule has 1 saturated heterocycles.